The summed E-state index contributed by atoms with van der Waals surface area (Å²) in [5.74, 6) is 3.74. The lowest BCUT2D eigenvalue weighted by atomic mass is 9.93. The topological polar surface area (TPSA) is 116 Å². The quantitative estimate of drug-likeness (QED) is 0.409. The van der Waals surface area contributed by atoms with Gasteiger partial charge in [-0.25, -0.2) is 4.98 Å². The fourth-order valence-corrected chi connectivity index (χ4v) is 4.31. The van der Waals surface area contributed by atoms with Crippen molar-refractivity contribution in [1.82, 2.24) is 9.97 Å². The summed E-state index contributed by atoms with van der Waals surface area (Å²) in [6.07, 6.45) is 2.98. The van der Waals surface area contributed by atoms with Crippen LogP contribution in [0.5, 0.6) is 28.7 Å². The number of hydrogen-bond acceptors (Lipinski definition) is 10. The Labute approximate surface area is 204 Å². The number of anilines is 3. The predicted molar refractivity (Wildman–Crippen MR) is 134 cm³/mol. The van der Waals surface area contributed by atoms with Crippen molar-refractivity contribution in [3.63, 3.8) is 0 Å². The van der Waals surface area contributed by atoms with Crippen LogP contribution in [0.3, 0.4) is 0 Å². The summed E-state index contributed by atoms with van der Waals surface area (Å²) in [7, 11) is 7.88. The van der Waals surface area contributed by atoms with Crippen LogP contribution < -0.4 is 34.3 Å². The van der Waals surface area contributed by atoms with Gasteiger partial charge in [-0.1, -0.05) is 0 Å². The van der Waals surface area contributed by atoms with E-state index in [9.17, 15) is 5.11 Å². The van der Waals surface area contributed by atoms with Crippen LogP contribution in [0.2, 0.25) is 0 Å². The fraction of sp³-hybridized carbons (Fsp3) is 0.440. The molecule has 10 heteroatoms. The van der Waals surface area contributed by atoms with Gasteiger partial charge < -0.3 is 39.4 Å². The molecule has 1 aliphatic carbocycles. The Morgan fingerprint density at radius 3 is 1.91 bits per heavy atom. The van der Waals surface area contributed by atoms with Gasteiger partial charge in [0.2, 0.25) is 11.7 Å². The van der Waals surface area contributed by atoms with Crippen molar-refractivity contribution < 1.29 is 28.8 Å². The van der Waals surface area contributed by atoms with E-state index in [2.05, 4.69) is 10.6 Å². The molecule has 35 heavy (non-hydrogen) atoms. The average molecular weight is 485 g/mol. The number of methoxy groups -OCH3 is 5. The van der Waals surface area contributed by atoms with Crippen molar-refractivity contribution in [1.29, 1.82) is 0 Å². The highest BCUT2D eigenvalue weighted by atomic mass is 16.5. The molecule has 0 atom stereocenters. The lowest BCUT2D eigenvalue weighted by Gasteiger charge is -2.26. The van der Waals surface area contributed by atoms with E-state index in [1.54, 1.807) is 35.5 Å². The van der Waals surface area contributed by atoms with Gasteiger partial charge in [0.05, 0.1) is 47.2 Å². The summed E-state index contributed by atoms with van der Waals surface area (Å²) < 4.78 is 27.4. The van der Waals surface area contributed by atoms with Crippen LogP contribution in [0.25, 0.3) is 10.9 Å². The lowest BCUT2D eigenvalue weighted by molar-refractivity contribution is 0.126. The smallest absolute Gasteiger partial charge is 0.225 e. The Kier molecular flexibility index (Phi) is 7.50. The van der Waals surface area contributed by atoms with Gasteiger partial charge in [-0.2, -0.15) is 4.98 Å². The highest BCUT2D eigenvalue weighted by Gasteiger charge is 2.22. The van der Waals surface area contributed by atoms with E-state index in [1.807, 2.05) is 24.3 Å². The van der Waals surface area contributed by atoms with Crippen LogP contribution in [-0.2, 0) is 0 Å². The molecule has 1 heterocycles. The third-order valence-electron chi connectivity index (χ3n) is 6.16. The van der Waals surface area contributed by atoms with E-state index < -0.39 is 0 Å². The SMILES string of the molecule is COc1cc2nc(NC3CCC(O)CC3)nc(Nc3cc(OC)c(OC)c(OC)c3)c2cc1OC. The third kappa shape index (κ3) is 5.22. The van der Waals surface area contributed by atoms with Crippen molar-refractivity contribution >= 4 is 28.4 Å². The molecule has 1 saturated carbocycles. The van der Waals surface area contributed by atoms with Crippen molar-refractivity contribution in [2.45, 2.75) is 37.8 Å². The average Bonchev–Trinajstić information content (AvgIpc) is 2.88. The molecule has 1 aromatic heterocycles. The van der Waals surface area contributed by atoms with Crippen LogP contribution in [0.15, 0.2) is 24.3 Å². The van der Waals surface area contributed by atoms with Gasteiger partial charge in [0.15, 0.2) is 23.0 Å². The molecule has 1 fully saturated rings. The number of fused-ring (bicyclic) bond motifs is 1. The predicted octanol–water partition coefficient (Wildman–Crippen LogP) is 4.13. The maximum Gasteiger partial charge on any atom is 0.225 e. The number of rotatable bonds is 9. The third-order valence-corrected chi connectivity index (χ3v) is 6.16. The zero-order valence-corrected chi connectivity index (χ0v) is 20.7. The molecule has 10 nitrogen and oxygen atoms in total. The Morgan fingerprint density at radius 2 is 1.34 bits per heavy atom. The molecule has 0 amide bonds. The number of nitrogens with one attached hydrogen (secondary N) is 2. The monoisotopic (exact) mass is 484 g/mol. The van der Waals surface area contributed by atoms with Gasteiger partial charge in [-0.3, -0.25) is 0 Å². The van der Waals surface area contributed by atoms with Gasteiger partial charge in [0.25, 0.3) is 0 Å². The molecule has 0 radical (unpaired) electrons. The standard InChI is InChI=1S/C25H32N4O6/c1-31-19-12-17-18(13-20(19)32-2)28-25(27-14-6-8-16(30)9-7-14)29-24(17)26-15-10-21(33-3)23(35-5)22(11-15)34-4/h10-14,16,30H,6-9H2,1-5H3,(H2,26,27,28,29). The minimum atomic E-state index is -0.237. The Balaban J connectivity index is 1.78. The Hall–Kier alpha value is -3.66. The molecule has 3 aromatic rings. The molecule has 2 aromatic carbocycles. The van der Waals surface area contributed by atoms with Crippen LogP contribution in [0, 0.1) is 0 Å². The first-order valence-electron chi connectivity index (χ1n) is 11.4. The highest BCUT2D eigenvalue weighted by molar-refractivity contribution is 5.94. The first kappa shape index (κ1) is 24.5. The van der Waals surface area contributed by atoms with E-state index >= 15 is 0 Å². The van der Waals surface area contributed by atoms with Crippen LogP contribution >= 0.6 is 0 Å². The molecule has 3 N–H and O–H groups in total. The minimum Gasteiger partial charge on any atom is -0.493 e. The second kappa shape index (κ2) is 10.7. The zero-order valence-electron chi connectivity index (χ0n) is 20.7. The van der Waals surface area contributed by atoms with E-state index in [0.717, 1.165) is 31.1 Å². The maximum atomic E-state index is 9.85. The lowest BCUT2D eigenvalue weighted by Crippen LogP contribution is -2.29. The normalized spacial score (nSPS) is 17.5. The molecule has 188 valence electrons. The number of nitrogens with zero attached hydrogens (tertiary/aromatic N) is 2. The van der Waals surface area contributed by atoms with Gasteiger partial charge in [-0.05, 0) is 31.7 Å². The highest BCUT2D eigenvalue weighted by Crippen LogP contribution is 2.42. The molecule has 0 spiro atoms. The number of aromatic nitrogens is 2. The summed E-state index contributed by atoms with van der Waals surface area (Å²) in [6.45, 7) is 0. The van der Waals surface area contributed by atoms with Crippen molar-refractivity contribution in [3.8, 4) is 28.7 Å². The largest absolute Gasteiger partial charge is 0.493 e. The fourth-order valence-electron chi connectivity index (χ4n) is 4.31. The molecular weight excluding hydrogens is 452 g/mol. The molecule has 0 bridgehead atoms. The molecular formula is C25H32N4O6. The van der Waals surface area contributed by atoms with Gasteiger partial charge in [-0.15, -0.1) is 0 Å². The van der Waals surface area contributed by atoms with E-state index in [-0.39, 0.29) is 12.1 Å². The molecule has 4 rings (SSSR count). The van der Waals surface area contributed by atoms with Crippen molar-refractivity contribution in [2.24, 2.45) is 0 Å². The van der Waals surface area contributed by atoms with Crippen LogP contribution in [-0.4, -0.2) is 62.8 Å². The van der Waals surface area contributed by atoms with E-state index in [0.29, 0.717) is 51.7 Å². The number of benzene rings is 2. The van der Waals surface area contributed by atoms with Gasteiger partial charge in [0.1, 0.15) is 5.82 Å². The van der Waals surface area contributed by atoms with Crippen molar-refractivity contribution in [3.05, 3.63) is 24.3 Å². The first-order chi connectivity index (χ1) is 17.0. The molecule has 0 aliphatic heterocycles. The van der Waals surface area contributed by atoms with Gasteiger partial charge in [0, 0.05) is 35.3 Å². The zero-order chi connectivity index (χ0) is 24.9. The Bertz CT molecular complexity index is 1160. The first-order valence-corrected chi connectivity index (χ1v) is 11.4. The number of ether oxygens (including phenoxy) is 5. The second-order valence-corrected chi connectivity index (χ2v) is 8.31. The number of aliphatic hydroxyl groups is 1. The molecule has 0 saturated heterocycles. The van der Waals surface area contributed by atoms with Crippen LogP contribution in [0.1, 0.15) is 25.7 Å². The summed E-state index contributed by atoms with van der Waals surface area (Å²) >= 11 is 0. The summed E-state index contributed by atoms with van der Waals surface area (Å²) in [5, 5.41) is 17.4. The van der Waals surface area contributed by atoms with Crippen molar-refractivity contribution in [2.75, 3.05) is 46.2 Å². The molecule has 1 aliphatic rings. The summed E-state index contributed by atoms with van der Waals surface area (Å²) in [4.78, 5) is 9.53. The van der Waals surface area contributed by atoms with E-state index in [1.165, 1.54) is 0 Å². The van der Waals surface area contributed by atoms with Gasteiger partial charge >= 0.3 is 0 Å². The number of aliphatic hydroxyl groups excluding tert-OH is 1. The molecule has 0 unspecified atom stereocenters. The number of hydrogen-bond donors (Lipinski definition) is 3. The van der Waals surface area contributed by atoms with Crippen LogP contribution in [0.4, 0.5) is 17.5 Å². The Morgan fingerprint density at radius 1 is 0.743 bits per heavy atom. The summed E-state index contributed by atoms with van der Waals surface area (Å²) in [6, 6.07) is 7.48. The van der Waals surface area contributed by atoms with E-state index in [4.69, 9.17) is 33.7 Å². The minimum absolute atomic E-state index is 0.185. The summed E-state index contributed by atoms with van der Waals surface area (Å²) in [5.41, 5.74) is 1.38. The maximum absolute atomic E-state index is 9.85. The second-order valence-electron chi connectivity index (χ2n) is 8.31.